The second-order valence-corrected chi connectivity index (χ2v) is 4.21. The maximum Gasteiger partial charge on any atom is 0.119 e. The van der Waals surface area contributed by atoms with Gasteiger partial charge in [0.2, 0.25) is 0 Å². The van der Waals surface area contributed by atoms with E-state index in [4.69, 9.17) is 9.47 Å². The predicted molar refractivity (Wildman–Crippen MR) is 75.5 cm³/mol. The van der Waals surface area contributed by atoms with E-state index in [1.165, 1.54) is 6.42 Å². The van der Waals surface area contributed by atoms with E-state index in [0.29, 0.717) is 6.61 Å². The molecule has 0 unspecified atom stereocenters. The van der Waals surface area contributed by atoms with Crippen LogP contribution in [-0.2, 0) is 0 Å². The number of ether oxygens (including phenoxy) is 2. The van der Waals surface area contributed by atoms with Crippen molar-refractivity contribution in [1.82, 2.24) is 5.32 Å². The molecule has 1 aromatic rings. The average molecular weight is 251 g/mol. The first kappa shape index (κ1) is 14.8. The van der Waals surface area contributed by atoms with E-state index in [1.54, 1.807) is 0 Å². The summed E-state index contributed by atoms with van der Waals surface area (Å²) in [6.45, 7) is 7.84. The van der Waals surface area contributed by atoms with Crippen LogP contribution in [-0.4, -0.2) is 26.3 Å². The average Bonchev–Trinajstić information content (AvgIpc) is 2.40. The van der Waals surface area contributed by atoms with Crippen LogP contribution < -0.4 is 14.8 Å². The quantitative estimate of drug-likeness (QED) is 0.648. The van der Waals surface area contributed by atoms with Crippen LogP contribution >= 0.6 is 0 Å². The van der Waals surface area contributed by atoms with Crippen molar-refractivity contribution in [2.75, 3.05) is 26.3 Å². The van der Waals surface area contributed by atoms with Crippen LogP contribution in [0.15, 0.2) is 24.3 Å². The Morgan fingerprint density at radius 1 is 0.889 bits per heavy atom. The first-order chi connectivity index (χ1) is 8.86. The molecule has 0 saturated carbocycles. The smallest absolute Gasteiger partial charge is 0.119 e. The Balaban J connectivity index is 2.08. The molecule has 0 spiro atoms. The summed E-state index contributed by atoms with van der Waals surface area (Å²) in [5.41, 5.74) is 0. The fourth-order valence-electron chi connectivity index (χ4n) is 1.64. The third-order valence-electron chi connectivity index (χ3n) is 2.58. The number of unbranched alkanes of at least 4 members (excludes halogenated alkanes) is 1. The largest absolute Gasteiger partial charge is 0.494 e. The first-order valence-electron chi connectivity index (χ1n) is 6.93. The molecule has 0 aliphatic heterocycles. The predicted octanol–water partition coefficient (Wildman–Crippen LogP) is 3.24. The van der Waals surface area contributed by atoms with Gasteiger partial charge in [-0.15, -0.1) is 0 Å². The summed E-state index contributed by atoms with van der Waals surface area (Å²) in [7, 11) is 0. The van der Waals surface area contributed by atoms with Crippen LogP contribution in [0, 0.1) is 0 Å². The number of benzene rings is 1. The van der Waals surface area contributed by atoms with Gasteiger partial charge in [-0.1, -0.05) is 6.92 Å². The van der Waals surface area contributed by atoms with Crippen LogP contribution in [0.2, 0.25) is 0 Å². The van der Waals surface area contributed by atoms with Crippen molar-refractivity contribution in [3.63, 3.8) is 0 Å². The standard InChI is InChI=1S/C15H25NO2/c1-3-11-16-12-5-6-13-18-15-9-7-14(8-10-15)17-4-2/h7-10,16H,3-6,11-13H2,1-2H3. The van der Waals surface area contributed by atoms with Crippen molar-refractivity contribution in [3.8, 4) is 11.5 Å². The maximum atomic E-state index is 5.66. The van der Waals surface area contributed by atoms with E-state index in [1.807, 2.05) is 31.2 Å². The molecule has 3 nitrogen and oxygen atoms in total. The minimum absolute atomic E-state index is 0.699. The molecule has 0 heterocycles. The number of hydrogen-bond acceptors (Lipinski definition) is 3. The van der Waals surface area contributed by atoms with Crippen molar-refractivity contribution < 1.29 is 9.47 Å². The summed E-state index contributed by atoms with van der Waals surface area (Å²) >= 11 is 0. The molecule has 0 saturated heterocycles. The van der Waals surface area contributed by atoms with Gasteiger partial charge in [-0.05, 0) is 63.5 Å². The molecule has 0 amide bonds. The summed E-state index contributed by atoms with van der Waals surface area (Å²) < 4.78 is 11.0. The van der Waals surface area contributed by atoms with E-state index in [-0.39, 0.29) is 0 Å². The van der Waals surface area contributed by atoms with Crippen LogP contribution in [0.1, 0.15) is 33.1 Å². The molecule has 0 atom stereocenters. The molecule has 102 valence electrons. The van der Waals surface area contributed by atoms with Crippen LogP contribution in [0.3, 0.4) is 0 Å². The van der Waals surface area contributed by atoms with Crippen molar-refractivity contribution in [1.29, 1.82) is 0 Å². The lowest BCUT2D eigenvalue weighted by Crippen LogP contribution is -2.16. The van der Waals surface area contributed by atoms with Gasteiger partial charge in [0.05, 0.1) is 13.2 Å². The molecular weight excluding hydrogens is 226 g/mol. The Labute approximate surface area is 110 Å². The van der Waals surface area contributed by atoms with Gasteiger partial charge in [-0.3, -0.25) is 0 Å². The van der Waals surface area contributed by atoms with Crippen molar-refractivity contribution in [2.45, 2.75) is 33.1 Å². The highest BCUT2D eigenvalue weighted by atomic mass is 16.5. The highest BCUT2D eigenvalue weighted by Crippen LogP contribution is 2.17. The topological polar surface area (TPSA) is 30.5 Å². The molecule has 1 N–H and O–H groups in total. The van der Waals surface area contributed by atoms with Gasteiger partial charge < -0.3 is 14.8 Å². The lowest BCUT2D eigenvalue weighted by Gasteiger charge is -2.08. The van der Waals surface area contributed by atoms with Crippen LogP contribution in [0.4, 0.5) is 0 Å². The molecule has 1 rings (SSSR count). The zero-order chi connectivity index (χ0) is 13.1. The van der Waals surface area contributed by atoms with Crippen molar-refractivity contribution >= 4 is 0 Å². The maximum absolute atomic E-state index is 5.66. The number of nitrogens with one attached hydrogen (secondary N) is 1. The molecule has 0 aliphatic carbocycles. The van der Waals surface area contributed by atoms with Gasteiger partial charge in [-0.25, -0.2) is 0 Å². The molecule has 18 heavy (non-hydrogen) atoms. The molecule has 0 aliphatic rings. The van der Waals surface area contributed by atoms with Crippen LogP contribution in [0.25, 0.3) is 0 Å². The molecule has 0 aromatic heterocycles. The second-order valence-electron chi connectivity index (χ2n) is 4.21. The monoisotopic (exact) mass is 251 g/mol. The van der Waals surface area contributed by atoms with Crippen LogP contribution in [0.5, 0.6) is 11.5 Å². The molecule has 0 radical (unpaired) electrons. The Kier molecular flexibility index (Phi) is 8.06. The third kappa shape index (κ3) is 6.50. The van der Waals surface area contributed by atoms with Gasteiger partial charge in [0.25, 0.3) is 0 Å². The van der Waals surface area contributed by atoms with Gasteiger partial charge in [0.15, 0.2) is 0 Å². The van der Waals surface area contributed by atoms with Gasteiger partial charge in [0, 0.05) is 0 Å². The van der Waals surface area contributed by atoms with E-state index in [2.05, 4.69) is 12.2 Å². The second kappa shape index (κ2) is 9.77. The Morgan fingerprint density at radius 2 is 1.56 bits per heavy atom. The summed E-state index contributed by atoms with van der Waals surface area (Å²) in [5.74, 6) is 1.81. The fourth-order valence-corrected chi connectivity index (χ4v) is 1.64. The van der Waals surface area contributed by atoms with E-state index in [9.17, 15) is 0 Å². The third-order valence-corrected chi connectivity index (χ3v) is 2.58. The van der Waals surface area contributed by atoms with Gasteiger partial charge >= 0.3 is 0 Å². The SMILES string of the molecule is CCCNCCCCOc1ccc(OCC)cc1. The highest BCUT2D eigenvalue weighted by Gasteiger charge is 1.95. The molecule has 0 fully saturated rings. The summed E-state index contributed by atoms with van der Waals surface area (Å²) in [4.78, 5) is 0. The first-order valence-corrected chi connectivity index (χ1v) is 6.93. The number of hydrogen-bond donors (Lipinski definition) is 1. The molecular formula is C15H25NO2. The van der Waals surface area contributed by atoms with Gasteiger partial charge in [-0.2, -0.15) is 0 Å². The Morgan fingerprint density at radius 3 is 2.17 bits per heavy atom. The highest BCUT2D eigenvalue weighted by molar-refractivity contribution is 5.31. The normalized spacial score (nSPS) is 10.3. The zero-order valence-corrected chi connectivity index (χ0v) is 11.6. The summed E-state index contributed by atoms with van der Waals surface area (Å²) in [6, 6.07) is 7.81. The summed E-state index contributed by atoms with van der Waals surface area (Å²) in [6.07, 6.45) is 3.45. The molecule has 1 aromatic carbocycles. The van der Waals surface area contributed by atoms with E-state index in [0.717, 1.165) is 44.0 Å². The Bertz CT molecular complexity index is 298. The summed E-state index contributed by atoms with van der Waals surface area (Å²) in [5, 5.41) is 3.38. The molecule has 3 heteroatoms. The minimum atomic E-state index is 0.699. The van der Waals surface area contributed by atoms with Crippen molar-refractivity contribution in [2.24, 2.45) is 0 Å². The lowest BCUT2D eigenvalue weighted by molar-refractivity contribution is 0.304. The van der Waals surface area contributed by atoms with E-state index >= 15 is 0 Å². The Hall–Kier alpha value is -1.22. The minimum Gasteiger partial charge on any atom is -0.494 e. The molecule has 0 bridgehead atoms. The fraction of sp³-hybridized carbons (Fsp3) is 0.600. The van der Waals surface area contributed by atoms with Gasteiger partial charge in [0.1, 0.15) is 11.5 Å². The lowest BCUT2D eigenvalue weighted by atomic mass is 10.3. The van der Waals surface area contributed by atoms with Crippen molar-refractivity contribution in [3.05, 3.63) is 24.3 Å². The zero-order valence-electron chi connectivity index (χ0n) is 11.6. The number of rotatable bonds is 10. The van der Waals surface area contributed by atoms with E-state index < -0.39 is 0 Å².